The van der Waals surface area contributed by atoms with Crippen LogP contribution in [-0.2, 0) is 23.9 Å². The van der Waals surface area contributed by atoms with Crippen molar-refractivity contribution in [3.63, 3.8) is 0 Å². The number of ether oxygens (including phenoxy) is 4. The lowest BCUT2D eigenvalue weighted by Crippen LogP contribution is -2.22. The molecule has 3 aromatic rings. The van der Waals surface area contributed by atoms with Gasteiger partial charge in [0.2, 0.25) is 0 Å². The summed E-state index contributed by atoms with van der Waals surface area (Å²) >= 11 is 0. The average Bonchev–Trinajstić information content (AvgIpc) is 3.08. The van der Waals surface area contributed by atoms with Crippen LogP contribution < -0.4 is 9.47 Å². The van der Waals surface area contributed by atoms with Crippen LogP contribution in [-0.4, -0.2) is 43.0 Å². The molecule has 0 saturated heterocycles. The van der Waals surface area contributed by atoms with E-state index < -0.39 is 17.9 Å². The molecule has 0 N–H and O–H groups in total. The van der Waals surface area contributed by atoms with E-state index in [9.17, 15) is 19.2 Å². The first-order valence-electron chi connectivity index (χ1n) is 15.8. The van der Waals surface area contributed by atoms with E-state index in [1.54, 1.807) is 37.3 Å². The first-order valence-corrected chi connectivity index (χ1v) is 15.8. The van der Waals surface area contributed by atoms with E-state index in [1.165, 1.54) is 6.08 Å². The van der Waals surface area contributed by atoms with Gasteiger partial charge in [-0.25, -0.2) is 9.59 Å². The largest absolute Gasteiger partial charge is 0.493 e. The van der Waals surface area contributed by atoms with Crippen molar-refractivity contribution < 1.29 is 38.1 Å². The third-order valence-corrected chi connectivity index (χ3v) is 7.51. The molecule has 0 radical (unpaired) electrons. The zero-order valence-corrected chi connectivity index (χ0v) is 26.7. The fourth-order valence-corrected chi connectivity index (χ4v) is 4.86. The normalized spacial score (nSPS) is 13.0. The zero-order valence-electron chi connectivity index (χ0n) is 26.7. The summed E-state index contributed by atoms with van der Waals surface area (Å²) < 4.78 is 21.6. The van der Waals surface area contributed by atoms with Gasteiger partial charge in [-0.15, -0.1) is 0 Å². The molecule has 4 rings (SSSR count). The Morgan fingerprint density at radius 3 is 2.02 bits per heavy atom. The van der Waals surface area contributed by atoms with Crippen molar-refractivity contribution in [3.8, 4) is 22.6 Å². The molecular weight excluding hydrogens is 596 g/mol. The maximum absolute atomic E-state index is 12.8. The monoisotopic (exact) mass is 636 g/mol. The Hall–Kier alpha value is -5.24. The van der Waals surface area contributed by atoms with E-state index in [0.29, 0.717) is 35.7 Å². The Morgan fingerprint density at radius 1 is 0.766 bits per heavy atom. The summed E-state index contributed by atoms with van der Waals surface area (Å²) in [6, 6.07) is 21.5. The number of carbonyl (C=O) groups is 4. The van der Waals surface area contributed by atoms with Crippen LogP contribution in [0, 0.1) is 0 Å². The Kier molecular flexibility index (Phi) is 12.9. The summed E-state index contributed by atoms with van der Waals surface area (Å²) in [4.78, 5) is 48.8. The molecule has 1 aliphatic carbocycles. The number of esters is 3. The molecule has 0 aliphatic heterocycles. The van der Waals surface area contributed by atoms with E-state index in [1.807, 2.05) is 48.5 Å². The van der Waals surface area contributed by atoms with Gasteiger partial charge in [-0.05, 0) is 79.6 Å². The van der Waals surface area contributed by atoms with Gasteiger partial charge in [0.25, 0.3) is 0 Å². The van der Waals surface area contributed by atoms with Gasteiger partial charge >= 0.3 is 17.9 Å². The zero-order chi connectivity index (χ0) is 33.6. The number of carbonyl (C=O) groups excluding carboxylic acids is 4. The number of benzene rings is 3. The fraction of sp³-hybridized carbons (Fsp3) is 0.282. The van der Waals surface area contributed by atoms with Crippen LogP contribution in [0.1, 0.15) is 67.8 Å². The number of ketones is 1. The van der Waals surface area contributed by atoms with Gasteiger partial charge < -0.3 is 18.9 Å². The summed E-state index contributed by atoms with van der Waals surface area (Å²) in [7, 11) is 0. The predicted octanol–water partition coefficient (Wildman–Crippen LogP) is 7.87. The smallest absolute Gasteiger partial charge is 0.339 e. The highest BCUT2D eigenvalue weighted by molar-refractivity contribution is 6.07. The quantitative estimate of drug-likeness (QED) is 0.0546. The third-order valence-electron chi connectivity index (χ3n) is 7.51. The highest BCUT2D eigenvalue weighted by Gasteiger charge is 2.20. The van der Waals surface area contributed by atoms with Gasteiger partial charge in [-0.3, -0.25) is 9.59 Å². The molecule has 0 bridgehead atoms. The van der Waals surface area contributed by atoms with Crippen LogP contribution in [0.4, 0.5) is 0 Å². The van der Waals surface area contributed by atoms with Crippen molar-refractivity contribution in [2.24, 2.45) is 0 Å². The molecule has 8 heteroatoms. The minimum atomic E-state index is -0.672. The number of hydrogen-bond donors (Lipinski definition) is 0. The molecule has 0 unspecified atom stereocenters. The van der Waals surface area contributed by atoms with E-state index in [-0.39, 0.29) is 30.5 Å². The Balaban J connectivity index is 1.21. The van der Waals surface area contributed by atoms with Crippen molar-refractivity contribution in [2.75, 3.05) is 13.2 Å². The van der Waals surface area contributed by atoms with Crippen molar-refractivity contribution >= 4 is 29.8 Å². The van der Waals surface area contributed by atoms with Gasteiger partial charge in [0.05, 0.1) is 19.6 Å². The predicted molar refractivity (Wildman–Crippen MR) is 180 cm³/mol. The Bertz CT molecular complexity index is 1590. The third kappa shape index (κ3) is 11.3. The SMILES string of the molecule is C=C(C)C(=O)OCCCOc1ccc(/C=C/C(=O)c2ccc(-c3ccc(OC(=O)C(=C)CC(=O)OC4CCCCC4)cc3)cc2)cc1. The number of allylic oxidation sites excluding steroid dienone is 1. The fourth-order valence-electron chi connectivity index (χ4n) is 4.86. The first kappa shape index (κ1) is 34.6. The van der Waals surface area contributed by atoms with Crippen LogP contribution in [0.2, 0.25) is 0 Å². The minimum absolute atomic E-state index is 0.0442. The minimum Gasteiger partial charge on any atom is -0.493 e. The van der Waals surface area contributed by atoms with Crippen molar-refractivity contribution in [1.82, 2.24) is 0 Å². The lowest BCUT2D eigenvalue weighted by molar-refractivity contribution is -0.150. The van der Waals surface area contributed by atoms with Crippen LogP contribution in [0.15, 0.2) is 103 Å². The Morgan fingerprint density at radius 2 is 1.38 bits per heavy atom. The second-order valence-corrected chi connectivity index (χ2v) is 11.4. The maximum Gasteiger partial charge on any atom is 0.339 e. The van der Waals surface area contributed by atoms with Gasteiger partial charge in [0.1, 0.15) is 17.6 Å². The molecular formula is C39H40O8. The molecule has 8 nitrogen and oxygen atoms in total. The number of hydrogen-bond acceptors (Lipinski definition) is 8. The average molecular weight is 637 g/mol. The van der Waals surface area contributed by atoms with Gasteiger partial charge in [-0.1, -0.05) is 74.2 Å². The molecule has 1 aliphatic rings. The first-order chi connectivity index (χ1) is 22.7. The molecule has 0 atom stereocenters. The highest BCUT2D eigenvalue weighted by atomic mass is 16.5. The van der Waals surface area contributed by atoms with Crippen LogP contribution in [0.25, 0.3) is 17.2 Å². The maximum atomic E-state index is 12.8. The summed E-state index contributed by atoms with van der Waals surface area (Å²) in [6.07, 6.45) is 8.52. The van der Waals surface area contributed by atoms with E-state index >= 15 is 0 Å². The highest BCUT2D eigenvalue weighted by Crippen LogP contribution is 2.25. The second kappa shape index (κ2) is 17.5. The summed E-state index contributed by atoms with van der Waals surface area (Å²) in [6.45, 7) is 9.51. The lowest BCUT2D eigenvalue weighted by Gasteiger charge is -2.21. The summed E-state index contributed by atoms with van der Waals surface area (Å²) in [5.74, 6) is -0.660. The Labute approximate surface area is 275 Å². The number of rotatable bonds is 15. The standard InChI is InChI=1S/C39H40O8/c1-27(2)38(42)45-25-7-24-44-33-19-10-29(11-20-33)12-23-36(40)32-15-13-30(14-16-32)31-17-21-35(22-18-31)47-39(43)28(3)26-37(41)46-34-8-5-4-6-9-34/h10-23,34H,1,3-9,24-26H2,2H3/b23-12+. The van der Waals surface area contributed by atoms with Crippen molar-refractivity contribution in [3.05, 3.63) is 114 Å². The topological polar surface area (TPSA) is 105 Å². The van der Waals surface area contributed by atoms with Crippen LogP contribution >= 0.6 is 0 Å². The van der Waals surface area contributed by atoms with Crippen LogP contribution in [0.5, 0.6) is 11.5 Å². The lowest BCUT2D eigenvalue weighted by atomic mass is 9.98. The molecule has 0 spiro atoms. The van der Waals surface area contributed by atoms with E-state index in [0.717, 1.165) is 48.8 Å². The second-order valence-electron chi connectivity index (χ2n) is 11.4. The van der Waals surface area contributed by atoms with Gasteiger partial charge in [0.15, 0.2) is 5.78 Å². The van der Waals surface area contributed by atoms with Crippen molar-refractivity contribution in [2.45, 2.75) is 58.0 Å². The summed E-state index contributed by atoms with van der Waals surface area (Å²) in [5.41, 5.74) is 3.57. The molecule has 47 heavy (non-hydrogen) atoms. The molecule has 1 saturated carbocycles. The van der Waals surface area contributed by atoms with E-state index in [2.05, 4.69) is 13.2 Å². The molecule has 1 fully saturated rings. The molecule has 244 valence electrons. The van der Waals surface area contributed by atoms with Crippen molar-refractivity contribution in [1.29, 1.82) is 0 Å². The molecule has 0 heterocycles. The molecule has 3 aromatic carbocycles. The molecule has 0 aromatic heterocycles. The summed E-state index contributed by atoms with van der Waals surface area (Å²) in [5, 5.41) is 0. The van der Waals surface area contributed by atoms with Crippen LogP contribution in [0.3, 0.4) is 0 Å². The van der Waals surface area contributed by atoms with Gasteiger partial charge in [0, 0.05) is 23.1 Å². The molecule has 0 amide bonds. The van der Waals surface area contributed by atoms with E-state index in [4.69, 9.17) is 18.9 Å². The van der Waals surface area contributed by atoms with Gasteiger partial charge in [-0.2, -0.15) is 0 Å².